The van der Waals surface area contributed by atoms with Gasteiger partial charge in [-0.05, 0) is 74.1 Å². The summed E-state index contributed by atoms with van der Waals surface area (Å²) >= 11 is 0. The van der Waals surface area contributed by atoms with Gasteiger partial charge in [0.25, 0.3) is 5.91 Å². The van der Waals surface area contributed by atoms with E-state index in [4.69, 9.17) is 4.74 Å². The van der Waals surface area contributed by atoms with E-state index in [1.165, 1.54) is 5.56 Å². The molecular formula is C21H25NO4S. The molecule has 0 aromatic heterocycles. The minimum atomic E-state index is -3.04. The summed E-state index contributed by atoms with van der Waals surface area (Å²) in [5.74, 6) is 1.47. The highest BCUT2D eigenvalue weighted by Crippen LogP contribution is 2.33. The third-order valence-corrected chi connectivity index (χ3v) is 7.31. The number of amides is 1. The number of nitrogens with one attached hydrogen (secondary N) is 1. The molecule has 144 valence electrons. The number of hydrogen-bond acceptors (Lipinski definition) is 4. The lowest BCUT2D eigenvalue weighted by Crippen LogP contribution is -2.23. The van der Waals surface area contributed by atoms with E-state index in [9.17, 15) is 13.2 Å². The number of carbonyl (C=O) groups is 1. The van der Waals surface area contributed by atoms with E-state index < -0.39 is 9.84 Å². The van der Waals surface area contributed by atoms with Crippen LogP contribution in [-0.2, 0) is 22.7 Å². The lowest BCUT2D eigenvalue weighted by atomic mass is 10.1. The van der Waals surface area contributed by atoms with Crippen molar-refractivity contribution in [2.24, 2.45) is 5.92 Å². The summed E-state index contributed by atoms with van der Waals surface area (Å²) in [7, 11) is -1.45. The van der Waals surface area contributed by atoms with Crippen LogP contribution in [0.4, 0.5) is 0 Å². The molecule has 3 rings (SSSR count). The van der Waals surface area contributed by atoms with Crippen molar-refractivity contribution in [1.29, 1.82) is 0 Å². The van der Waals surface area contributed by atoms with Crippen LogP contribution in [0.2, 0.25) is 0 Å². The Morgan fingerprint density at radius 3 is 2.52 bits per heavy atom. The van der Waals surface area contributed by atoms with Crippen molar-refractivity contribution in [2.75, 3.05) is 12.8 Å². The molecule has 1 aliphatic carbocycles. The summed E-state index contributed by atoms with van der Waals surface area (Å²) in [5, 5.41) is 2.25. The van der Waals surface area contributed by atoms with Crippen LogP contribution in [0.1, 0.15) is 35.3 Å². The zero-order chi connectivity index (χ0) is 19.6. The molecule has 0 saturated carbocycles. The molecular weight excluding hydrogens is 362 g/mol. The number of fused-ring (bicyclic) bond motifs is 1. The number of ether oxygens (including phenoxy) is 1. The molecule has 2 aromatic carbocycles. The largest absolute Gasteiger partial charge is 0.457 e. The molecule has 1 aliphatic rings. The second-order valence-electron chi connectivity index (χ2n) is 7.29. The Morgan fingerprint density at radius 2 is 1.81 bits per heavy atom. The van der Waals surface area contributed by atoms with Gasteiger partial charge >= 0.3 is 0 Å². The molecule has 0 bridgehead atoms. The van der Waals surface area contributed by atoms with Crippen molar-refractivity contribution in [1.82, 2.24) is 5.32 Å². The lowest BCUT2D eigenvalue weighted by molar-refractivity contribution is 0.0962. The van der Waals surface area contributed by atoms with Gasteiger partial charge in [0.2, 0.25) is 0 Å². The Bertz CT molecular complexity index is 950. The third kappa shape index (κ3) is 4.50. The molecule has 1 atom stereocenters. The fourth-order valence-corrected chi connectivity index (χ4v) is 4.65. The summed E-state index contributed by atoms with van der Waals surface area (Å²) in [6.07, 6.45) is 1.53. The van der Waals surface area contributed by atoms with Crippen LogP contribution >= 0.6 is 0 Å². The van der Waals surface area contributed by atoms with Crippen molar-refractivity contribution < 1.29 is 17.9 Å². The lowest BCUT2D eigenvalue weighted by Gasteiger charge is -2.12. The van der Waals surface area contributed by atoms with Crippen LogP contribution in [0.15, 0.2) is 42.5 Å². The van der Waals surface area contributed by atoms with E-state index in [1.54, 1.807) is 45.2 Å². The molecule has 27 heavy (non-hydrogen) atoms. The zero-order valence-electron chi connectivity index (χ0n) is 15.9. The van der Waals surface area contributed by atoms with Gasteiger partial charge in [0.15, 0.2) is 9.84 Å². The van der Waals surface area contributed by atoms with Crippen LogP contribution < -0.4 is 10.1 Å². The summed E-state index contributed by atoms with van der Waals surface area (Å²) in [5.41, 5.74) is 2.86. The van der Waals surface area contributed by atoms with Crippen molar-refractivity contribution >= 4 is 15.7 Å². The van der Waals surface area contributed by atoms with Crippen molar-refractivity contribution in [2.45, 2.75) is 31.9 Å². The van der Waals surface area contributed by atoms with Gasteiger partial charge in [0, 0.05) is 12.6 Å². The van der Waals surface area contributed by atoms with Gasteiger partial charge < -0.3 is 10.1 Å². The van der Waals surface area contributed by atoms with E-state index in [0.29, 0.717) is 17.1 Å². The van der Waals surface area contributed by atoms with E-state index in [-0.39, 0.29) is 22.8 Å². The maximum Gasteiger partial charge on any atom is 0.251 e. The first-order valence-corrected chi connectivity index (χ1v) is 10.8. The summed E-state index contributed by atoms with van der Waals surface area (Å²) < 4.78 is 30.3. The van der Waals surface area contributed by atoms with Crippen molar-refractivity contribution in [3.63, 3.8) is 0 Å². The van der Waals surface area contributed by atoms with Gasteiger partial charge in [0.05, 0.1) is 11.0 Å². The Kier molecular flexibility index (Phi) is 5.56. The first kappa shape index (κ1) is 19.4. The van der Waals surface area contributed by atoms with Crippen LogP contribution in [-0.4, -0.2) is 32.4 Å². The van der Waals surface area contributed by atoms with Gasteiger partial charge in [-0.15, -0.1) is 0 Å². The van der Waals surface area contributed by atoms with Gasteiger partial charge in [0.1, 0.15) is 11.5 Å². The Hall–Kier alpha value is -2.34. The molecule has 5 nitrogen and oxygen atoms in total. The first-order valence-electron chi connectivity index (χ1n) is 9.12. The van der Waals surface area contributed by atoms with E-state index in [2.05, 4.69) is 5.32 Å². The highest BCUT2D eigenvalue weighted by molar-refractivity contribution is 7.91. The molecule has 6 heteroatoms. The maximum absolute atomic E-state index is 12.2. The number of hydrogen-bond donors (Lipinski definition) is 1. The van der Waals surface area contributed by atoms with Crippen LogP contribution in [0, 0.1) is 5.92 Å². The fraction of sp³-hybridized carbons (Fsp3) is 0.381. The van der Waals surface area contributed by atoms with E-state index in [1.807, 2.05) is 18.2 Å². The van der Waals surface area contributed by atoms with Gasteiger partial charge in [-0.1, -0.05) is 12.1 Å². The molecule has 0 fully saturated rings. The quantitative estimate of drug-likeness (QED) is 0.825. The molecule has 0 saturated heterocycles. The summed E-state index contributed by atoms with van der Waals surface area (Å²) in [6.45, 7) is 3.46. The van der Waals surface area contributed by atoms with Gasteiger partial charge in [-0.2, -0.15) is 0 Å². The SMILES string of the molecule is CNC(=O)c1cccc(Oc2ccc3c(c2)C[C@@H](CS(=O)(=O)C(C)C)C3)c1. The topological polar surface area (TPSA) is 72.5 Å². The number of benzene rings is 2. The molecule has 0 aliphatic heterocycles. The first-order chi connectivity index (χ1) is 12.8. The molecule has 1 amide bonds. The minimum Gasteiger partial charge on any atom is -0.457 e. The van der Waals surface area contributed by atoms with Crippen molar-refractivity contribution in [3.05, 3.63) is 59.2 Å². The predicted molar refractivity (Wildman–Crippen MR) is 106 cm³/mol. The number of sulfone groups is 1. The van der Waals surface area contributed by atoms with Crippen LogP contribution in [0.25, 0.3) is 0 Å². The molecule has 0 heterocycles. The smallest absolute Gasteiger partial charge is 0.251 e. The van der Waals surface area contributed by atoms with Crippen LogP contribution in [0.5, 0.6) is 11.5 Å². The Morgan fingerprint density at radius 1 is 1.11 bits per heavy atom. The summed E-state index contributed by atoms with van der Waals surface area (Å²) in [6, 6.07) is 12.9. The molecule has 0 spiro atoms. The normalized spacial score (nSPS) is 16.2. The highest BCUT2D eigenvalue weighted by atomic mass is 32.2. The van der Waals surface area contributed by atoms with E-state index >= 15 is 0 Å². The van der Waals surface area contributed by atoms with Crippen LogP contribution in [0.3, 0.4) is 0 Å². The molecule has 0 unspecified atom stereocenters. The average Bonchev–Trinajstić information content (AvgIpc) is 3.01. The van der Waals surface area contributed by atoms with E-state index in [0.717, 1.165) is 18.4 Å². The minimum absolute atomic E-state index is 0.124. The monoisotopic (exact) mass is 387 g/mol. The maximum atomic E-state index is 12.2. The standard InChI is InChI=1S/C21H25NO4S/c1-14(2)27(24,25)13-15-9-16-7-8-20(12-18(16)10-15)26-19-6-4-5-17(11-19)21(23)22-3/h4-8,11-12,14-15H,9-10,13H2,1-3H3,(H,22,23)/t15-/m0/s1. The van der Waals surface area contributed by atoms with Gasteiger partial charge in [-0.3, -0.25) is 4.79 Å². The summed E-state index contributed by atoms with van der Waals surface area (Å²) in [4.78, 5) is 11.8. The Labute approximate surface area is 160 Å². The van der Waals surface area contributed by atoms with Crippen molar-refractivity contribution in [3.8, 4) is 11.5 Å². The third-order valence-electron chi connectivity index (χ3n) is 4.94. The second-order valence-corrected chi connectivity index (χ2v) is 9.89. The number of carbonyl (C=O) groups excluding carboxylic acids is 1. The highest BCUT2D eigenvalue weighted by Gasteiger charge is 2.28. The Balaban J connectivity index is 1.72. The zero-order valence-corrected chi connectivity index (χ0v) is 16.7. The molecule has 1 N–H and O–H groups in total. The predicted octanol–water partition coefficient (Wildman–Crippen LogP) is 3.38. The molecule has 2 aromatic rings. The molecule has 0 radical (unpaired) electrons. The number of rotatable bonds is 6. The van der Waals surface area contributed by atoms with Gasteiger partial charge in [-0.25, -0.2) is 8.42 Å². The second kappa shape index (κ2) is 7.72. The average molecular weight is 388 g/mol. The fourth-order valence-electron chi connectivity index (χ4n) is 3.37.